The molecule has 78 valence electrons. The van der Waals surface area contributed by atoms with Gasteiger partial charge in [-0.15, -0.1) is 0 Å². The van der Waals surface area contributed by atoms with E-state index in [2.05, 4.69) is 40.1 Å². The third kappa shape index (κ3) is 1.46. The van der Waals surface area contributed by atoms with E-state index in [1.54, 1.807) is 12.4 Å². The molecule has 0 bridgehead atoms. The molecule has 0 radical (unpaired) electrons. The van der Waals surface area contributed by atoms with E-state index >= 15 is 0 Å². The van der Waals surface area contributed by atoms with Crippen LogP contribution in [-0.4, -0.2) is 15.0 Å². The molecule has 0 saturated heterocycles. The number of aromatic nitrogens is 3. The van der Waals surface area contributed by atoms with Crippen molar-refractivity contribution in [1.29, 1.82) is 0 Å². The van der Waals surface area contributed by atoms with Gasteiger partial charge >= 0.3 is 0 Å². The molecule has 0 aliphatic rings. The van der Waals surface area contributed by atoms with Gasteiger partial charge in [0.2, 0.25) is 0 Å². The average molecular weight is 209 g/mol. The quantitative estimate of drug-likeness (QED) is 0.669. The van der Waals surface area contributed by atoms with Crippen molar-refractivity contribution in [3.63, 3.8) is 0 Å². The fourth-order valence-electron chi connectivity index (χ4n) is 1.86. The number of benzene rings is 1. The summed E-state index contributed by atoms with van der Waals surface area (Å²) >= 11 is 0. The zero-order chi connectivity index (χ0) is 11.0. The molecule has 3 rings (SSSR count). The van der Waals surface area contributed by atoms with Crippen LogP contribution in [0, 0.1) is 6.92 Å². The lowest BCUT2D eigenvalue weighted by atomic mass is 10.1. The van der Waals surface area contributed by atoms with Crippen LogP contribution in [0.5, 0.6) is 0 Å². The van der Waals surface area contributed by atoms with Gasteiger partial charge in [-0.3, -0.25) is 0 Å². The normalized spacial score (nSPS) is 10.8. The standard InChI is InChI=1S/C13H11N3/c1-9-7-11-8-10(3-4-12(11)16-9)13-14-5-2-6-15-13/h2-8,16H,1H3. The molecule has 0 atom stereocenters. The first-order chi connectivity index (χ1) is 7.83. The van der Waals surface area contributed by atoms with Crippen molar-refractivity contribution in [2.45, 2.75) is 6.92 Å². The molecule has 16 heavy (non-hydrogen) atoms. The zero-order valence-electron chi connectivity index (χ0n) is 8.94. The van der Waals surface area contributed by atoms with Crippen LogP contribution >= 0.6 is 0 Å². The molecule has 3 heteroatoms. The van der Waals surface area contributed by atoms with E-state index in [1.165, 1.54) is 11.1 Å². The highest BCUT2D eigenvalue weighted by molar-refractivity contribution is 5.84. The number of fused-ring (bicyclic) bond motifs is 1. The van der Waals surface area contributed by atoms with Crippen LogP contribution in [0.4, 0.5) is 0 Å². The summed E-state index contributed by atoms with van der Waals surface area (Å²) in [5, 5.41) is 1.20. The van der Waals surface area contributed by atoms with Gasteiger partial charge in [0.15, 0.2) is 5.82 Å². The van der Waals surface area contributed by atoms with Gasteiger partial charge in [0.1, 0.15) is 0 Å². The van der Waals surface area contributed by atoms with Crippen molar-refractivity contribution in [2.75, 3.05) is 0 Å². The van der Waals surface area contributed by atoms with Gasteiger partial charge in [0, 0.05) is 34.6 Å². The molecule has 3 nitrogen and oxygen atoms in total. The second kappa shape index (κ2) is 3.45. The molecule has 0 unspecified atom stereocenters. The van der Waals surface area contributed by atoms with Crippen LogP contribution in [0.2, 0.25) is 0 Å². The van der Waals surface area contributed by atoms with Crippen LogP contribution < -0.4 is 0 Å². The highest BCUT2D eigenvalue weighted by atomic mass is 14.8. The third-order valence-electron chi connectivity index (χ3n) is 2.58. The van der Waals surface area contributed by atoms with Gasteiger partial charge in [-0.2, -0.15) is 0 Å². The number of H-pyrrole nitrogens is 1. The summed E-state index contributed by atoms with van der Waals surface area (Å²) < 4.78 is 0. The molecular weight excluding hydrogens is 198 g/mol. The molecule has 0 saturated carbocycles. The Bertz CT molecular complexity index is 626. The minimum Gasteiger partial charge on any atom is -0.359 e. The van der Waals surface area contributed by atoms with Gasteiger partial charge in [0.25, 0.3) is 0 Å². The topological polar surface area (TPSA) is 41.6 Å². The van der Waals surface area contributed by atoms with Gasteiger partial charge in [-0.25, -0.2) is 9.97 Å². The molecular formula is C13H11N3. The Labute approximate surface area is 93.2 Å². The predicted octanol–water partition coefficient (Wildman–Crippen LogP) is 2.93. The van der Waals surface area contributed by atoms with E-state index in [0.717, 1.165) is 16.9 Å². The number of aryl methyl sites for hydroxylation is 1. The summed E-state index contributed by atoms with van der Waals surface area (Å²) in [6.07, 6.45) is 3.52. The molecule has 0 fully saturated rings. The fourth-order valence-corrected chi connectivity index (χ4v) is 1.86. The molecule has 0 amide bonds. The van der Waals surface area contributed by atoms with E-state index < -0.39 is 0 Å². The predicted molar refractivity (Wildman–Crippen MR) is 64.1 cm³/mol. The highest BCUT2D eigenvalue weighted by Gasteiger charge is 2.02. The first kappa shape index (κ1) is 9.09. The minimum absolute atomic E-state index is 0.767. The van der Waals surface area contributed by atoms with Crippen LogP contribution in [0.1, 0.15) is 5.69 Å². The molecule has 0 aliphatic carbocycles. The molecule has 0 aliphatic heterocycles. The van der Waals surface area contributed by atoms with Crippen molar-refractivity contribution in [1.82, 2.24) is 15.0 Å². The van der Waals surface area contributed by atoms with Gasteiger partial charge in [0.05, 0.1) is 0 Å². The highest BCUT2D eigenvalue weighted by Crippen LogP contribution is 2.21. The van der Waals surface area contributed by atoms with Crippen molar-refractivity contribution in [2.24, 2.45) is 0 Å². The SMILES string of the molecule is Cc1cc2cc(-c3ncccn3)ccc2[nH]1. The van der Waals surface area contributed by atoms with E-state index in [-0.39, 0.29) is 0 Å². The number of aromatic amines is 1. The number of hydrogen-bond donors (Lipinski definition) is 1. The van der Waals surface area contributed by atoms with E-state index in [0.29, 0.717) is 0 Å². The second-order valence-corrected chi connectivity index (χ2v) is 3.83. The first-order valence-electron chi connectivity index (χ1n) is 5.20. The van der Waals surface area contributed by atoms with Gasteiger partial charge in [-0.05, 0) is 37.3 Å². The summed E-state index contributed by atoms with van der Waals surface area (Å²) in [4.78, 5) is 11.8. The number of nitrogens with zero attached hydrogens (tertiary/aromatic N) is 2. The number of nitrogens with one attached hydrogen (secondary N) is 1. The second-order valence-electron chi connectivity index (χ2n) is 3.83. The lowest BCUT2D eigenvalue weighted by Crippen LogP contribution is -1.85. The molecule has 1 N–H and O–H groups in total. The Morgan fingerprint density at radius 2 is 1.88 bits per heavy atom. The number of rotatable bonds is 1. The maximum atomic E-state index is 4.24. The van der Waals surface area contributed by atoms with Crippen LogP contribution in [0.3, 0.4) is 0 Å². The number of hydrogen-bond acceptors (Lipinski definition) is 2. The van der Waals surface area contributed by atoms with E-state index in [9.17, 15) is 0 Å². The first-order valence-corrected chi connectivity index (χ1v) is 5.20. The Morgan fingerprint density at radius 3 is 2.69 bits per heavy atom. The van der Waals surface area contributed by atoms with Gasteiger partial charge in [-0.1, -0.05) is 0 Å². The molecule has 2 heterocycles. The minimum atomic E-state index is 0.767. The van der Waals surface area contributed by atoms with Crippen molar-refractivity contribution in [3.05, 3.63) is 48.4 Å². The Morgan fingerprint density at radius 1 is 1.06 bits per heavy atom. The molecule has 2 aromatic heterocycles. The molecule has 3 aromatic rings. The summed E-state index contributed by atoms with van der Waals surface area (Å²) in [5.74, 6) is 0.767. The van der Waals surface area contributed by atoms with Crippen LogP contribution in [-0.2, 0) is 0 Å². The average Bonchev–Trinajstić information content (AvgIpc) is 2.69. The largest absolute Gasteiger partial charge is 0.359 e. The van der Waals surface area contributed by atoms with E-state index in [1.807, 2.05) is 12.1 Å². The lowest BCUT2D eigenvalue weighted by Gasteiger charge is -1.98. The molecule has 1 aromatic carbocycles. The van der Waals surface area contributed by atoms with Crippen molar-refractivity contribution >= 4 is 10.9 Å². The summed E-state index contributed by atoms with van der Waals surface area (Å²) in [6.45, 7) is 2.05. The summed E-state index contributed by atoms with van der Waals surface area (Å²) in [7, 11) is 0. The fraction of sp³-hybridized carbons (Fsp3) is 0.0769. The Hall–Kier alpha value is -2.16. The summed E-state index contributed by atoms with van der Waals surface area (Å²) in [5.41, 5.74) is 3.37. The maximum Gasteiger partial charge on any atom is 0.159 e. The van der Waals surface area contributed by atoms with Crippen molar-refractivity contribution < 1.29 is 0 Å². The van der Waals surface area contributed by atoms with Crippen LogP contribution in [0.15, 0.2) is 42.7 Å². The lowest BCUT2D eigenvalue weighted by molar-refractivity contribution is 1.18. The maximum absolute atomic E-state index is 4.24. The smallest absolute Gasteiger partial charge is 0.159 e. The Balaban J connectivity index is 2.18. The monoisotopic (exact) mass is 209 g/mol. The van der Waals surface area contributed by atoms with Crippen LogP contribution in [0.25, 0.3) is 22.3 Å². The zero-order valence-corrected chi connectivity index (χ0v) is 8.94. The van der Waals surface area contributed by atoms with Crippen molar-refractivity contribution in [3.8, 4) is 11.4 Å². The summed E-state index contributed by atoms with van der Waals surface area (Å²) in [6, 6.07) is 10.2. The molecule has 0 spiro atoms. The van der Waals surface area contributed by atoms with E-state index in [4.69, 9.17) is 0 Å². The third-order valence-corrected chi connectivity index (χ3v) is 2.58. The van der Waals surface area contributed by atoms with Gasteiger partial charge < -0.3 is 4.98 Å². The Kier molecular flexibility index (Phi) is 1.96.